The quantitative estimate of drug-likeness (QED) is 0.795. The van der Waals surface area contributed by atoms with Crippen molar-refractivity contribution in [3.05, 3.63) is 82.0 Å². The third-order valence-corrected chi connectivity index (χ3v) is 4.95. The summed E-state index contributed by atoms with van der Waals surface area (Å²) in [5, 5.41) is 4.60. The van der Waals surface area contributed by atoms with Crippen molar-refractivity contribution < 1.29 is 4.79 Å². The summed E-state index contributed by atoms with van der Waals surface area (Å²) in [6.45, 7) is 4.18. The van der Waals surface area contributed by atoms with Crippen LogP contribution in [0.25, 0.3) is 0 Å². The number of hydrogen-bond acceptors (Lipinski definition) is 2. The van der Waals surface area contributed by atoms with Gasteiger partial charge in [0.1, 0.15) is 0 Å². The van der Waals surface area contributed by atoms with E-state index in [0.717, 1.165) is 22.4 Å². The third kappa shape index (κ3) is 3.75. The lowest BCUT2D eigenvalue weighted by atomic mass is 9.92. The highest BCUT2D eigenvalue weighted by molar-refractivity contribution is 7.80. The van der Waals surface area contributed by atoms with Gasteiger partial charge in [0.15, 0.2) is 10.9 Å². The van der Waals surface area contributed by atoms with Gasteiger partial charge < -0.3 is 10.2 Å². The van der Waals surface area contributed by atoms with E-state index in [1.54, 1.807) is 6.92 Å². The van der Waals surface area contributed by atoms with Gasteiger partial charge in [-0.05, 0) is 49.3 Å². The van der Waals surface area contributed by atoms with Gasteiger partial charge in [-0.1, -0.05) is 54.1 Å². The van der Waals surface area contributed by atoms with Gasteiger partial charge in [0.25, 0.3) is 0 Å². The number of carbonyl (C=O) groups excluding carboxylic acids is 1. The Morgan fingerprint density at radius 1 is 1.16 bits per heavy atom. The second-order valence-corrected chi connectivity index (χ2v) is 6.88. The Balaban J connectivity index is 2.00. The van der Waals surface area contributed by atoms with Crippen LogP contribution in [0.1, 0.15) is 31.0 Å². The molecule has 0 amide bonds. The molecule has 3 nitrogen and oxygen atoms in total. The van der Waals surface area contributed by atoms with Gasteiger partial charge in [0.2, 0.25) is 0 Å². The number of rotatable bonds is 4. The number of thiocarbonyl (C=S) groups is 1. The van der Waals surface area contributed by atoms with Crippen LogP contribution in [0.3, 0.4) is 0 Å². The van der Waals surface area contributed by atoms with Crippen LogP contribution in [0.5, 0.6) is 0 Å². The molecule has 25 heavy (non-hydrogen) atoms. The van der Waals surface area contributed by atoms with E-state index in [2.05, 4.69) is 17.4 Å². The van der Waals surface area contributed by atoms with Gasteiger partial charge in [-0.25, -0.2) is 0 Å². The molecule has 5 heteroatoms. The molecule has 0 radical (unpaired) electrons. The first-order valence-corrected chi connectivity index (χ1v) is 8.85. The molecular formula is C20H19ClN2OS. The maximum Gasteiger partial charge on any atom is 0.174 e. The van der Waals surface area contributed by atoms with Crippen molar-refractivity contribution in [2.45, 2.75) is 26.4 Å². The molecule has 1 aliphatic rings. The molecule has 1 atom stereocenters. The van der Waals surface area contributed by atoms with Crippen LogP contribution in [0.15, 0.2) is 65.9 Å². The number of Topliss-reactive ketones (excluding diaryl/α,β-unsaturated/α-hetero) is 1. The zero-order chi connectivity index (χ0) is 18.0. The molecule has 1 unspecified atom stereocenters. The first-order chi connectivity index (χ1) is 12.0. The van der Waals surface area contributed by atoms with Crippen LogP contribution in [0, 0.1) is 0 Å². The first kappa shape index (κ1) is 17.6. The molecule has 0 spiro atoms. The number of carbonyl (C=O) groups is 1. The highest BCUT2D eigenvalue weighted by Crippen LogP contribution is 2.32. The zero-order valence-electron chi connectivity index (χ0n) is 14.1. The summed E-state index contributed by atoms with van der Waals surface area (Å²) in [4.78, 5) is 14.4. The van der Waals surface area contributed by atoms with Crippen molar-refractivity contribution in [3.8, 4) is 0 Å². The van der Waals surface area contributed by atoms with Crippen LogP contribution in [-0.2, 0) is 11.3 Å². The second kappa shape index (κ2) is 7.38. The monoisotopic (exact) mass is 370 g/mol. The lowest BCUT2D eigenvalue weighted by Gasteiger charge is -2.37. The van der Waals surface area contributed by atoms with Crippen molar-refractivity contribution in [2.75, 3.05) is 0 Å². The maximum absolute atomic E-state index is 12.4. The van der Waals surface area contributed by atoms with Crippen LogP contribution < -0.4 is 5.32 Å². The highest BCUT2D eigenvalue weighted by atomic mass is 35.5. The van der Waals surface area contributed by atoms with E-state index in [-0.39, 0.29) is 11.8 Å². The molecule has 2 aromatic rings. The number of nitrogens with zero attached hydrogens (tertiary/aromatic N) is 1. The summed E-state index contributed by atoms with van der Waals surface area (Å²) in [6, 6.07) is 17.3. The van der Waals surface area contributed by atoms with E-state index in [1.165, 1.54) is 0 Å². The molecule has 2 aromatic carbocycles. The second-order valence-electron chi connectivity index (χ2n) is 6.06. The average molecular weight is 371 g/mol. The number of benzene rings is 2. The van der Waals surface area contributed by atoms with E-state index in [4.69, 9.17) is 23.8 Å². The van der Waals surface area contributed by atoms with Gasteiger partial charge in [-0.15, -0.1) is 0 Å². The number of hydrogen-bond donors (Lipinski definition) is 1. The van der Waals surface area contributed by atoms with E-state index in [0.29, 0.717) is 16.7 Å². The molecule has 128 valence electrons. The summed E-state index contributed by atoms with van der Waals surface area (Å²) in [6.07, 6.45) is 0. The maximum atomic E-state index is 12.4. The molecule has 0 aliphatic carbocycles. The summed E-state index contributed by atoms with van der Waals surface area (Å²) in [5.74, 6) is 0.0329. The topological polar surface area (TPSA) is 32.3 Å². The molecule has 1 aliphatic heterocycles. The Morgan fingerprint density at radius 3 is 2.40 bits per heavy atom. The third-order valence-electron chi connectivity index (χ3n) is 4.36. The predicted molar refractivity (Wildman–Crippen MR) is 105 cm³/mol. The van der Waals surface area contributed by atoms with Crippen molar-refractivity contribution in [1.82, 2.24) is 10.2 Å². The number of halogens is 1. The Bertz CT molecular complexity index is 831. The van der Waals surface area contributed by atoms with Crippen molar-refractivity contribution >= 4 is 34.7 Å². The highest BCUT2D eigenvalue weighted by Gasteiger charge is 2.32. The lowest BCUT2D eigenvalue weighted by Crippen LogP contribution is -2.47. The minimum absolute atomic E-state index is 0.0329. The molecule has 0 aromatic heterocycles. The molecule has 0 bridgehead atoms. The predicted octanol–water partition coefficient (Wildman–Crippen LogP) is 4.63. The van der Waals surface area contributed by atoms with E-state index >= 15 is 0 Å². The normalized spacial score (nSPS) is 17.5. The van der Waals surface area contributed by atoms with E-state index in [9.17, 15) is 4.79 Å². The summed E-state index contributed by atoms with van der Waals surface area (Å²) < 4.78 is 0. The van der Waals surface area contributed by atoms with Crippen LogP contribution in [0.4, 0.5) is 0 Å². The van der Waals surface area contributed by atoms with Gasteiger partial charge in [-0.3, -0.25) is 4.79 Å². The number of ketones is 1. The molecule has 3 rings (SSSR count). The first-order valence-electron chi connectivity index (χ1n) is 8.06. The Labute approximate surface area is 158 Å². The Morgan fingerprint density at radius 2 is 1.80 bits per heavy atom. The SMILES string of the molecule is CC(=O)C1=C(C)N(Cc2ccccc2)C(=S)NC1c1ccc(Cl)cc1. The van der Waals surface area contributed by atoms with Gasteiger partial charge in [0, 0.05) is 22.8 Å². The average Bonchev–Trinajstić information content (AvgIpc) is 2.59. The smallest absolute Gasteiger partial charge is 0.174 e. The minimum atomic E-state index is -0.255. The van der Waals surface area contributed by atoms with Gasteiger partial charge in [-0.2, -0.15) is 0 Å². The molecule has 0 saturated heterocycles. The Kier molecular flexibility index (Phi) is 5.21. The largest absolute Gasteiger partial charge is 0.351 e. The fraction of sp³-hybridized carbons (Fsp3) is 0.200. The van der Waals surface area contributed by atoms with E-state index < -0.39 is 0 Å². The lowest BCUT2D eigenvalue weighted by molar-refractivity contribution is -0.114. The molecule has 0 fully saturated rings. The standard InChI is InChI=1S/C20H19ClN2OS/c1-13-18(14(2)24)19(16-8-10-17(21)11-9-16)22-20(25)23(13)12-15-6-4-3-5-7-15/h3-11,19H,12H2,1-2H3,(H,22,25). The minimum Gasteiger partial charge on any atom is -0.351 e. The molecule has 1 N–H and O–H groups in total. The van der Waals surface area contributed by atoms with Crippen molar-refractivity contribution in [1.29, 1.82) is 0 Å². The molecular weight excluding hydrogens is 352 g/mol. The Hall–Kier alpha value is -2.17. The fourth-order valence-corrected chi connectivity index (χ4v) is 3.55. The molecule has 1 heterocycles. The number of allylic oxidation sites excluding steroid dienone is 1. The van der Waals surface area contributed by atoms with Crippen molar-refractivity contribution in [3.63, 3.8) is 0 Å². The van der Waals surface area contributed by atoms with Gasteiger partial charge in [0.05, 0.1) is 6.04 Å². The summed E-state index contributed by atoms with van der Waals surface area (Å²) >= 11 is 11.6. The molecule has 0 saturated carbocycles. The van der Waals surface area contributed by atoms with Crippen LogP contribution in [-0.4, -0.2) is 15.8 Å². The van der Waals surface area contributed by atoms with Crippen LogP contribution in [0.2, 0.25) is 5.02 Å². The van der Waals surface area contributed by atoms with E-state index in [1.807, 2.05) is 54.3 Å². The summed E-state index contributed by atoms with van der Waals surface area (Å²) in [7, 11) is 0. The zero-order valence-corrected chi connectivity index (χ0v) is 15.7. The van der Waals surface area contributed by atoms with Gasteiger partial charge >= 0.3 is 0 Å². The van der Waals surface area contributed by atoms with Crippen LogP contribution >= 0.6 is 23.8 Å². The van der Waals surface area contributed by atoms with Crippen molar-refractivity contribution in [2.24, 2.45) is 0 Å². The fourth-order valence-electron chi connectivity index (χ4n) is 3.10. The summed E-state index contributed by atoms with van der Waals surface area (Å²) in [5.41, 5.74) is 3.72. The number of nitrogens with one attached hydrogen (secondary N) is 1.